The lowest BCUT2D eigenvalue weighted by Crippen LogP contribution is -2.43. The highest BCUT2D eigenvalue weighted by molar-refractivity contribution is 7.99. The Labute approximate surface area is 208 Å². The number of anilines is 1. The minimum atomic E-state index is -4.40. The average Bonchev–Trinajstić information content (AvgIpc) is 2.77. The first-order valence-corrected chi connectivity index (χ1v) is 12.8. The first-order chi connectivity index (χ1) is 16.5. The molecule has 0 radical (unpaired) electrons. The number of rotatable bonds is 5. The lowest BCUT2D eigenvalue weighted by molar-refractivity contribution is -0.137. The van der Waals surface area contributed by atoms with Gasteiger partial charge in [-0.05, 0) is 62.9 Å². The summed E-state index contributed by atoms with van der Waals surface area (Å²) in [7, 11) is 0. The van der Waals surface area contributed by atoms with Crippen LogP contribution in [0.4, 0.5) is 23.7 Å². The van der Waals surface area contributed by atoms with Gasteiger partial charge in [0.25, 0.3) is 0 Å². The van der Waals surface area contributed by atoms with E-state index in [1.165, 1.54) is 23.9 Å². The van der Waals surface area contributed by atoms with E-state index in [9.17, 15) is 18.0 Å². The van der Waals surface area contributed by atoms with E-state index < -0.39 is 23.4 Å². The van der Waals surface area contributed by atoms with Gasteiger partial charge in [0, 0.05) is 54.1 Å². The van der Waals surface area contributed by atoms with E-state index in [1.807, 2.05) is 45.0 Å². The Morgan fingerprint density at radius 3 is 2.51 bits per heavy atom. The number of hydrogen-bond donors (Lipinski definition) is 2. The summed E-state index contributed by atoms with van der Waals surface area (Å²) in [5.41, 5.74) is 1.51. The van der Waals surface area contributed by atoms with Gasteiger partial charge in [-0.3, -0.25) is 0 Å². The van der Waals surface area contributed by atoms with Crippen LogP contribution in [0.15, 0.2) is 46.2 Å². The van der Waals surface area contributed by atoms with Gasteiger partial charge in [0.1, 0.15) is 5.60 Å². The summed E-state index contributed by atoms with van der Waals surface area (Å²) >= 11 is 1.41. The topological polar surface area (TPSA) is 53.6 Å². The van der Waals surface area contributed by atoms with Crippen molar-refractivity contribution in [3.8, 4) is 0 Å². The summed E-state index contributed by atoms with van der Waals surface area (Å²) in [5, 5.41) is 6.22. The molecule has 5 nitrogen and oxygen atoms in total. The van der Waals surface area contributed by atoms with Gasteiger partial charge in [-0.1, -0.05) is 30.0 Å². The van der Waals surface area contributed by atoms with Gasteiger partial charge >= 0.3 is 12.3 Å². The summed E-state index contributed by atoms with van der Waals surface area (Å²) in [5.74, 6) is 0. The van der Waals surface area contributed by atoms with Crippen molar-refractivity contribution in [1.29, 1.82) is 0 Å². The van der Waals surface area contributed by atoms with E-state index in [1.54, 1.807) is 0 Å². The molecule has 0 bridgehead atoms. The molecule has 0 aromatic heterocycles. The molecule has 0 spiro atoms. The van der Waals surface area contributed by atoms with Gasteiger partial charge in [-0.25, -0.2) is 4.79 Å². The normalized spacial score (nSPS) is 16.9. The number of amides is 1. The van der Waals surface area contributed by atoms with Crippen molar-refractivity contribution in [3.05, 3.63) is 53.1 Å². The standard InChI is InChI=1S/C26H32F3N3O2S/c1-25(2,3)34-24(33)30-10-13-32-11-8-19(9-12-32)31-21-15-18(26(27,28)29)16-23-20(21)14-17-6-4-5-7-22(17)35-23/h4-7,15-16,19,31H,8-14H2,1-3H3,(H,30,33). The summed E-state index contributed by atoms with van der Waals surface area (Å²) in [4.78, 5) is 15.7. The summed E-state index contributed by atoms with van der Waals surface area (Å²) < 4.78 is 46.2. The van der Waals surface area contributed by atoms with Crippen molar-refractivity contribution in [1.82, 2.24) is 10.2 Å². The number of nitrogens with one attached hydrogen (secondary N) is 2. The van der Waals surface area contributed by atoms with Crippen molar-refractivity contribution < 1.29 is 22.7 Å². The summed E-state index contributed by atoms with van der Waals surface area (Å²) in [6.45, 7) is 8.29. The maximum atomic E-state index is 13.6. The van der Waals surface area contributed by atoms with Gasteiger partial charge < -0.3 is 20.3 Å². The monoisotopic (exact) mass is 507 g/mol. The zero-order valence-electron chi connectivity index (χ0n) is 20.3. The van der Waals surface area contributed by atoms with Gasteiger partial charge in [0.15, 0.2) is 0 Å². The molecule has 2 aromatic carbocycles. The Hall–Kier alpha value is -2.39. The Kier molecular flexibility index (Phi) is 7.57. The lowest BCUT2D eigenvalue weighted by atomic mass is 9.98. The Bertz CT molecular complexity index is 1060. The van der Waals surface area contributed by atoms with Gasteiger partial charge in [0.05, 0.1) is 5.56 Å². The number of benzene rings is 2. The van der Waals surface area contributed by atoms with Crippen LogP contribution in [0.25, 0.3) is 0 Å². The highest BCUT2D eigenvalue weighted by atomic mass is 32.2. The minimum absolute atomic E-state index is 0.0971. The molecule has 35 heavy (non-hydrogen) atoms. The molecule has 9 heteroatoms. The first-order valence-electron chi connectivity index (χ1n) is 11.9. The van der Waals surface area contributed by atoms with Gasteiger partial charge in [-0.2, -0.15) is 13.2 Å². The quantitative estimate of drug-likeness (QED) is 0.433. The zero-order valence-corrected chi connectivity index (χ0v) is 21.1. The Morgan fingerprint density at radius 2 is 1.83 bits per heavy atom. The molecule has 0 unspecified atom stereocenters. The van der Waals surface area contributed by atoms with Crippen LogP contribution < -0.4 is 10.6 Å². The van der Waals surface area contributed by atoms with Crippen molar-refractivity contribution in [3.63, 3.8) is 0 Å². The molecule has 2 heterocycles. The second kappa shape index (κ2) is 10.3. The van der Waals surface area contributed by atoms with Crippen molar-refractivity contribution in [2.24, 2.45) is 0 Å². The number of piperidine rings is 1. The smallest absolute Gasteiger partial charge is 0.416 e. The number of carbonyl (C=O) groups is 1. The minimum Gasteiger partial charge on any atom is -0.444 e. The third-order valence-corrected chi connectivity index (χ3v) is 7.34. The molecule has 4 rings (SSSR count). The number of halogens is 3. The third kappa shape index (κ3) is 6.85. The van der Waals surface area contributed by atoms with Crippen molar-refractivity contribution in [2.45, 2.75) is 67.6 Å². The van der Waals surface area contributed by atoms with Crippen LogP contribution in [0, 0.1) is 0 Å². The van der Waals surface area contributed by atoms with E-state index in [0.29, 0.717) is 30.1 Å². The second-order valence-corrected chi connectivity index (χ2v) is 11.2. The fourth-order valence-corrected chi connectivity index (χ4v) is 5.57. The van der Waals surface area contributed by atoms with Crippen molar-refractivity contribution >= 4 is 23.5 Å². The zero-order chi connectivity index (χ0) is 25.2. The van der Waals surface area contributed by atoms with E-state index in [4.69, 9.17) is 4.74 Å². The van der Waals surface area contributed by atoms with E-state index in [2.05, 4.69) is 15.5 Å². The van der Waals surface area contributed by atoms with Crippen LogP contribution in [0.1, 0.15) is 50.3 Å². The number of likely N-dealkylation sites (tertiary alicyclic amines) is 1. The van der Waals surface area contributed by atoms with E-state index >= 15 is 0 Å². The molecule has 0 saturated carbocycles. The molecule has 1 saturated heterocycles. The highest BCUT2D eigenvalue weighted by Crippen LogP contribution is 2.45. The Balaban J connectivity index is 1.37. The third-order valence-electron chi connectivity index (χ3n) is 6.14. The number of alkyl halides is 3. The van der Waals surface area contributed by atoms with Crippen LogP contribution in [0.5, 0.6) is 0 Å². The van der Waals surface area contributed by atoms with E-state index in [0.717, 1.165) is 42.0 Å². The Morgan fingerprint density at radius 1 is 1.11 bits per heavy atom. The number of fused-ring (bicyclic) bond motifs is 2. The fraction of sp³-hybridized carbons (Fsp3) is 0.500. The van der Waals surface area contributed by atoms with Crippen LogP contribution in [-0.2, 0) is 17.3 Å². The summed E-state index contributed by atoms with van der Waals surface area (Å²) in [6, 6.07) is 10.5. The lowest BCUT2D eigenvalue weighted by Gasteiger charge is -2.34. The molecule has 2 aromatic rings. The largest absolute Gasteiger partial charge is 0.444 e. The maximum Gasteiger partial charge on any atom is 0.416 e. The first kappa shape index (κ1) is 25.7. The molecule has 2 aliphatic heterocycles. The predicted octanol–water partition coefficient (Wildman–Crippen LogP) is 6.16. The number of hydrogen-bond acceptors (Lipinski definition) is 5. The van der Waals surface area contributed by atoms with Crippen LogP contribution in [-0.4, -0.2) is 48.8 Å². The highest BCUT2D eigenvalue weighted by Gasteiger charge is 2.34. The predicted molar refractivity (Wildman–Crippen MR) is 132 cm³/mol. The fourth-order valence-electron chi connectivity index (χ4n) is 4.42. The second-order valence-electron chi connectivity index (χ2n) is 10.1. The van der Waals surface area contributed by atoms with Crippen LogP contribution >= 0.6 is 11.8 Å². The van der Waals surface area contributed by atoms with Gasteiger partial charge in [-0.15, -0.1) is 0 Å². The molecule has 1 fully saturated rings. The number of ether oxygens (including phenoxy) is 1. The SMILES string of the molecule is CC(C)(C)OC(=O)NCCN1CCC(Nc2cc(C(F)(F)F)cc3c2Cc2ccccc2S3)CC1. The average molecular weight is 508 g/mol. The molecule has 190 valence electrons. The van der Waals surface area contributed by atoms with E-state index in [-0.39, 0.29) is 6.04 Å². The molecule has 1 amide bonds. The number of nitrogens with zero attached hydrogens (tertiary/aromatic N) is 1. The molecule has 0 aliphatic carbocycles. The molecule has 2 N–H and O–H groups in total. The van der Waals surface area contributed by atoms with Crippen LogP contribution in [0.3, 0.4) is 0 Å². The molecular weight excluding hydrogens is 475 g/mol. The molecule has 0 atom stereocenters. The molecule has 2 aliphatic rings. The van der Waals surface area contributed by atoms with Crippen molar-refractivity contribution in [2.75, 3.05) is 31.5 Å². The van der Waals surface area contributed by atoms with Gasteiger partial charge in [0.2, 0.25) is 0 Å². The maximum absolute atomic E-state index is 13.6. The van der Waals surface area contributed by atoms with Crippen LogP contribution in [0.2, 0.25) is 0 Å². The number of alkyl carbamates (subject to hydrolysis) is 1. The number of carbonyl (C=O) groups excluding carboxylic acids is 1. The molecular formula is C26H32F3N3O2S. The summed E-state index contributed by atoms with van der Waals surface area (Å²) in [6.07, 6.45) is -2.56.